The molecule has 2 aliphatic rings. The van der Waals surface area contributed by atoms with Gasteiger partial charge in [0.15, 0.2) is 0 Å². The van der Waals surface area contributed by atoms with Crippen LogP contribution in [0.2, 0.25) is 0 Å². The molecule has 0 spiro atoms. The van der Waals surface area contributed by atoms with Crippen molar-refractivity contribution < 1.29 is 18.0 Å². The molecule has 0 bridgehead atoms. The highest BCUT2D eigenvalue weighted by atomic mass is 32.2. The molecule has 2 aliphatic heterocycles. The number of aryl methyl sites for hydroxylation is 1. The maximum absolute atomic E-state index is 12.5. The Balaban J connectivity index is 1.19. The van der Waals surface area contributed by atoms with Crippen LogP contribution in [0.4, 0.5) is 5.69 Å². The first-order chi connectivity index (χ1) is 15.0. The standard InChI is InChI=1S/C23H27N3O4S/c27-22(24-14-7-16-25-15-5-9-18-8-1-3-11-20(18)25)13-6-17-26-23(28)19-10-2-4-12-21(19)31(26,29)30/h1-4,8,10-12H,5-7,9,13-17H2,(H,24,27). The van der Waals surface area contributed by atoms with E-state index in [0.717, 1.165) is 36.7 Å². The molecular formula is C23H27N3O4S. The molecule has 164 valence electrons. The van der Waals surface area contributed by atoms with Gasteiger partial charge in [-0.25, -0.2) is 12.7 Å². The maximum Gasteiger partial charge on any atom is 0.269 e. The number of anilines is 1. The zero-order chi connectivity index (χ0) is 21.8. The summed E-state index contributed by atoms with van der Waals surface area (Å²) in [5.74, 6) is -0.640. The average molecular weight is 442 g/mol. The Bertz CT molecular complexity index is 1080. The molecule has 7 nitrogen and oxygen atoms in total. The van der Waals surface area contributed by atoms with Gasteiger partial charge in [-0.1, -0.05) is 30.3 Å². The zero-order valence-electron chi connectivity index (χ0n) is 17.4. The minimum absolute atomic E-state index is 0.00777. The number of carbonyl (C=O) groups is 2. The Morgan fingerprint density at radius 3 is 2.61 bits per heavy atom. The average Bonchev–Trinajstić information content (AvgIpc) is 2.97. The van der Waals surface area contributed by atoms with Gasteiger partial charge in [0.1, 0.15) is 4.90 Å². The molecule has 2 aromatic rings. The number of sulfonamides is 1. The summed E-state index contributed by atoms with van der Waals surface area (Å²) in [5, 5.41) is 2.90. The molecule has 0 unspecified atom stereocenters. The van der Waals surface area contributed by atoms with Crippen molar-refractivity contribution in [3.05, 3.63) is 59.7 Å². The molecule has 0 saturated heterocycles. The van der Waals surface area contributed by atoms with Crippen molar-refractivity contribution in [2.75, 3.05) is 31.1 Å². The SMILES string of the molecule is O=C(CCCN1C(=O)c2ccccc2S1(=O)=O)NCCCN1CCCc2ccccc21. The van der Waals surface area contributed by atoms with E-state index in [9.17, 15) is 18.0 Å². The van der Waals surface area contributed by atoms with Crippen molar-refractivity contribution >= 4 is 27.5 Å². The number of fused-ring (bicyclic) bond motifs is 2. The van der Waals surface area contributed by atoms with Crippen LogP contribution in [0.3, 0.4) is 0 Å². The van der Waals surface area contributed by atoms with Crippen molar-refractivity contribution in [1.82, 2.24) is 9.62 Å². The van der Waals surface area contributed by atoms with E-state index >= 15 is 0 Å². The van der Waals surface area contributed by atoms with Crippen LogP contribution in [-0.4, -0.2) is 50.7 Å². The summed E-state index contributed by atoms with van der Waals surface area (Å²) in [7, 11) is -3.80. The number of nitrogens with zero attached hydrogens (tertiary/aromatic N) is 2. The highest BCUT2D eigenvalue weighted by molar-refractivity contribution is 7.90. The Labute approximate surface area is 183 Å². The topological polar surface area (TPSA) is 86.8 Å². The van der Waals surface area contributed by atoms with Crippen molar-refractivity contribution in [1.29, 1.82) is 0 Å². The molecule has 2 aromatic carbocycles. The van der Waals surface area contributed by atoms with Gasteiger partial charge in [-0.2, -0.15) is 0 Å². The first kappa shape index (κ1) is 21.4. The van der Waals surface area contributed by atoms with E-state index in [2.05, 4.69) is 34.5 Å². The van der Waals surface area contributed by atoms with Gasteiger partial charge in [0.25, 0.3) is 15.9 Å². The van der Waals surface area contributed by atoms with Gasteiger partial charge in [-0.05, 0) is 49.4 Å². The number of benzene rings is 2. The normalized spacial score (nSPS) is 16.7. The van der Waals surface area contributed by atoms with Crippen LogP contribution in [-0.2, 0) is 21.2 Å². The summed E-state index contributed by atoms with van der Waals surface area (Å²) >= 11 is 0. The number of carbonyl (C=O) groups excluding carboxylic acids is 2. The van der Waals surface area contributed by atoms with E-state index in [1.54, 1.807) is 12.1 Å². The van der Waals surface area contributed by atoms with Crippen LogP contribution in [0, 0.1) is 0 Å². The van der Waals surface area contributed by atoms with Gasteiger partial charge >= 0.3 is 0 Å². The summed E-state index contributed by atoms with van der Waals surface area (Å²) < 4.78 is 25.9. The van der Waals surface area contributed by atoms with Crippen molar-refractivity contribution in [3.63, 3.8) is 0 Å². The summed E-state index contributed by atoms with van der Waals surface area (Å²) in [6.07, 6.45) is 3.58. The molecule has 0 saturated carbocycles. The second-order valence-electron chi connectivity index (χ2n) is 7.90. The fourth-order valence-electron chi connectivity index (χ4n) is 4.27. The molecule has 2 amide bonds. The lowest BCUT2D eigenvalue weighted by Crippen LogP contribution is -2.34. The number of hydrogen-bond acceptors (Lipinski definition) is 5. The molecule has 0 radical (unpaired) electrons. The van der Waals surface area contributed by atoms with Gasteiger partial charge in [-0.3, -0.25) is 9.59 Å². The third-order valence-electron chi connectivity index (χ3n) is 5.81. The highest BCUT2D eigenvalue weighted by Crippen LogP contribution is 2.30. The van der Waals surface area contributed by atoms with Crippen molar-refractivity contribution in [2.24, 2.45) is 0 Å². The second-order valence-corrected chi connectivity index (χ2v) is 9.74. The number of nitrogens with one attached hydrogen (secondary N) is 1. The van der Waals surface area contributed by atoms with E-state index in [1.807, 2.05) is 0 Å². The predicted molar refractivity (Wildman–Crippen MR) is 119 cm³/mol. The fraction of sp³-hybridized carbons (Fsp3) is 0.391. The number of rotatable bonds is 8. The molecule has 0 aliphatic carbocycles. The predicted octanol–water partition coefficient (Wildman–Crippen LogP) is 2.57. The molecule has 2 heterocycles. The van der Waals surface area contributed by atoms with E-state index in [4.69, 9.17) is 0 Å². The van der Waals surface area contributed by atoms with Crippen molar-refractivity contribution in [3.8, 4) is 0 Å². The Kier molecular flexibility index (Phi) is 6.27. The smallest absolute Gasteiger partial charge is 0.269 e. The molecule has 0 fully saturated rings. The summed E-state index contributed by atoms with van der Waals surface area (Å²) in [6, 6.07) is 14.7. The van der Waals surface area contributed by atoms with Crippen molar-refractivity contribution in [2.45, 2.75) is 37.0 Å². The molecule has 0 atom stereocenters. The Morgan fingerprint density at radius 2 is 1.77 bits per heavy atom. The maximum atomic E-state index is 12.5. The van der Waals surface area contributed by atoms with Crippen LogP contribution < -0.4 is 10.2 Å². The van der Waals surface area contributed by atoms with E-state index in [0.29, 0.717) is 13.0 Å². The van der Waals surface area contributed by atoms with Crippen LogP contribution in [0.15, 0.2) is 53.4 Å². The lowest BCUT2D eigenvalue weighted by molar-refractivity contribution is -0.121. The van der Waals surface area contributed by atoms with Gasteiger partial charge in [0, 0.05) is 38.3 Å². The molecule has 31 heavy (non-hydrogen) atoms. The van der Waals surface area contributed by atoms with E-state index in [1.165, 1.54) is 23.4 Å². The number of para-hydroxylation sites is 1. The first-order valence-electron chi connectivity index (χ1n) is 10.7. The zero-order valence-corrected chi connectivity index (χ0v) is 18.2. The van der Waals surface area contributed by atoms with E-state index in [-0.39, 0.29) is 29.3 Å². The largest absolute Gasteiger partial charge is 0.371 e. The minimum Gasteiger partial charge on any atom is -0.371 e. The fourth-order valence-corrected chi connectivity index (χ4v) is 5.87. The molecule has 0 aromatic heterocycles. The molecule has 1 N–H and O–H groups in total. The third kappa shape index (κ3) is 4.44. The van der Waals surface area contributed by atoms with Crippen LogP contribution in [0.1, 0.15) is 41.6 Å². The summed E-state index contributed by atoms with van der Waals surface area (Å²) in [4.78, 5) is 26.9. The van der Waals surface area contributed by atoms with E-state index < -0.39 is 15.9 Å². The van der Waals surface area contributed by atoms with Crippen LogP contribution >= 0.6 is 0 Å². The van der Waals surface area contributed by atoms with Gasteiger partial charge in [0.05, 0.1) is 5.56 Å². The number of amides is 2. The second kappa shape index (κ2) is 9.09. The van der Waals surface area contributed by atoms with Crippen LogP contribution in [0.25, 0.3) is 0 Å². The van der Waals surface area contributed by atoms with Crippen LogP contribution in [0.5, 0.6) is 0 Å². The summed E-state index contributed by atoms with van der Waals surface area (Å²) in [6.45, 7) is 2.50. The monoisotopic (exact) mass is 441 g/mol. The summed E-state index contributed by atoms with van der Waals surface area (Å²) in [5.41, 5.74) is 2.87. The molecule has 8 heteroatoms. The first-order valence-corrected chi connectivity index (χ1v) is 12.2. The quantitative estimate of drug-likeness (QED) is 0.637. The lowest BCUT2D eigenvalue weighted by Gasteiger charge is -2.31. The minimum atomic E-state index is -3.80. The van der Waals surface area contributed by atoms with Gasteiger partial charge < -0.3 is 10.2 Å². The molecular weight excluding hydrogens is 414 g/mol. The third-order valence-corrected chi connectivity index (χ3v) is 7.65. The lowest BCUT2D eigenvalue weighted by atomic mass is 10.0. The molecule has 4 rings (SSSR count). The van der Waals surface area contributed by atoms with Gasteiger partial charge in [-0.15, -0.1) is 0 Å². The Morgan fingerprint density at radius 1 is 1.00 bits per heavy atom. The number of hydrogen-bond donors (Lipinski definition) is 1. The highest BCUT2D eigenvalue weighted by Gasteiger charge is 2.40. The Hall–Kier alpha value is -2.87. The van der Waals surface area contributed by atoms with Gasteiger partial charge in [0.2, 0.25) is 5.91 Å².